The molecule has 23 heavy (non-hydrogen) atoms. The van der Waals surface area contributed by atoms with Crippen LogP contribution in [0.2, 0.25) is 0 Å². The van der Waals surface area contributed by atoms with Gasteiger partial charge in [0.25, 0.3) is 5.91 Å². The van der Waals surface area contributed by atoms with Crippen LogP contribution in [0, 0.1) is 0 Å². The summed E-state index contributed by atoms with van der Waals surface area (Å²) in [5, 5.41) is 5.52. The zero-order chi connectivity index (χ0) is 16.4. The van der Waals surface area contributed by atoms with E-state index in [1.165, 1.54) is 6.07 Å². The highest BCUT2D eigenvalue weighted by Gasteiger charge is 2.32. The molecule has 3 rings (SSSR count). The Kier molecular flexibility index (Phi) is 3.93. The first-order valence-corrected chi connectivity index (χ1v) is 8.31. The van der Waals surface area contributed by atoms with Crippen LogP contribution in [0.1, 0.15) is 0 Å². The maximum Gasteiger partial charge on any atom is 0.262 e. The van der Waals surface area contributed by atoms with E-state index in [-0.39, 0.29) is 4.90 Å². The van der Waals surface area contributed by atoms with Crippen LogP contribution in [0.25, 0.3) is 0 Å². The first kappa shape index (κ1) is 15.3. The van der Waals surface area contributed by atoms with E-state index in [9.17, 15) is 13.2 Å². The van der Waals surface area contributed by atoms with Crippen molar-refractivity contribution in [3.63, 3.8) is 0 Å². The molecule has 1 aliphatic heterocycles. The third kappa shape index (κ3) is 3.13. The standard InChI is InChI=1S/C15H15N3O4S/c1-22-11-8-6-10(7-9-11)16-15(19)14-17-12-4-2-3-5-13(12)23(20,21)18-14/h2-9,14,17-18H,1H3,(H,16,19)/t14-/m1/s1. The molecule has 7 nitrogen and oxygen atoms in total. The van der Waals surface area contributed by atoms with Crippen molar-refractivity contribution in [3.8, 4) is 5.75 Å². The molecule has 2 aromatic rings. The second kappa shape index (κ2) is 5.90. The summed E-state index contributed by atoms with van der Waals surface area (Å²) in [6.07, 6.45) is -1.09. The van der Waals surface area contributed by atoms with Gasteiger partial charge in [0.05, 0.1) is 12.8 Å². The molecule has 0 unspecified atom stereocenters. The molecule has 1 atom stereocenters. The minimum absolute atomic E-state index is 0.119. The van der Waals surface area contributed by atoms with Gasteiger partial charge in [-0.15, -0.1) is 0 Å². The smallest absolute Gasteiger partial charge is 0.262 e. The molecule has 3 N–H and O–H groups in total. The molecular formula is C15H15N3O4S. The molecule has 0 aliphatic carbocycles. The van der Waals surface area contributed by atoms with Gasteiger partial charge in [-0.05, 0) is 36.4 Å². The molecule has 1 aliphatic rings. The van der Waals surface area contributed by atoms with Gasteiger partial charge in [-0.3, -0.25) is 4.79 Å². The number of methoxy groups -OCH3 is 1. The summed E-state index contributed by atoms with van der Waals surface area (Å²) in [6, 6.07) is 13.1. The van der Waals surface area contributed by atoms with Crippen LogP contribution in [0.4, 0.5) is 11.4 Å². The highest BCUT2D eigenvalue weighted by atomic mass is 32.2. The third-order valence-electron chi connectivity index (χ3n) is 3.37. The second-order valence-corrected chi connectivity index (χ2v) is 6.59. The Morgan fingerprint density at radius 3 is 2.52 bits per heavy atom. The number of sulfonamides is 1. The quantitative estimate of drug-likeness (QED) is 0.788. The Balaban J connectivity index is 1.78. The van der Waals surface area contributed by atoms with E-state index in [2.05, 4.69) is 15.4 Å². The lowest BCUT2D eigenvalue weighted by molar-refractivity contribution is -0.117. The zero-order valence-electron chi connectivity index (χ0n) is 12.2. The summed E-state index contributed by atoms with van der Waals surface area (Å²) < 4.78 is 31.7. The fraction of sp³-hybridized carbons (Fsp3) is 0.133. The van der Waals surface area contributed by atoms with Crippen LogP contribution in [-0.2, 0) is 14.8 Å². The Morgan fingerprint density at radius 1 is 1.13 bits per heavy atom. The molecular weight excluding hydrogens is 318 g/mol. The summed E-state index contributed by atoms with van der Waals surface area (Å²) >= 11 is 0. The second-order valence-electron chi connectivity index (χ2n) is 4.91. The van der Waals surface area contributed by atoms with Crippen LogP contribution < -0.4 is 20.1 Å². The lowest BCUT2D eigenvalue weighted by atomic mass is 10.2. The molecule has 0 spiro atoms. The van der Waals surface area contributed by atoms with Gasteiger partial charge in [0, 0.05) is 5.69 Å². The summed E-state index contributed by atoms with van der Waals surface area (Å²) in [4.78, 5) is 12.4. The predicted molar refractivity (Wildman–Crippen MR) is 85.8 cm³/mol. The number of hydrogen-bond donors (Lipinski definition) is 3. The van der Waals surface area contributed by atoms with Crippen LogP contribution in [0.5, 0.6) is 5.75 Å². The van der Waals surface area contributed by atoms with Gasteiger partial charge in [-0.25, -0.2) is 8.42 Å². The normalized spacial score (nSPS) is 18.4. The summed E-state index contributed by atoms with van der Waals surface area (Å²) in [5.41, 5.74) is 0.928. The first-order chi connectivity index (χ1) is 11.0. The number of amides is 1. The summed E-state index contributed by atoms with van der Waals surface area (Å²) in [5.74, 6) is 0.154. The number of carbonyl (C=O) groups is 1. The van der Waals surface area contributed by atoms with Crippen molar-refractivity contribution < 1.29 is 17.9 Å². The highest BCUT2D eigenvalue weighted by Crippen LogP contribution is 2.25. The number of ether oxygens (including phenoxy) is 1. The molecule has 1 heterocycles. The number of anilines is 2. The highest BCUT2D eigenvalue weighted by molar-refractivity contribution is 7.89. The molecule has 0 aromatic heterocycles. The van der Waals surface area contributed by atoms with Crippen LogP contribution in [0.3, 0.4) is 0 Å². The lowest BCUT2D eigenvalue weighted by Gasteiger charge is -2.27. The number of nitrogens with one attached hydrogen (secondary N) is 3. The van der Waals surface area contributed by atoms with E-state index < -0.39 is 22.1 Å². The first-order valence-electron chi connectivity index (χ1n) is 6.82. The number of para-hydroxylation sites is 1. The molecule has 0 saturated heterocycles. The van der Waals surface area contributed by atoms with E-state index >= 15 is 0 Å². The van der Waals surface area contributed by atoms with E-state index in [1.54, 1.807) is 49.6 Å². The van der Waals surface area contributed by atoms with Crippen molar-refractivity contribution in [3.05, 3.63) is 48.5 Å². The van der Waals surface area contributed by atoms with Crippen molar-refractivity contribution in [2.75, 3.05) is 17.7 Å². The van der Waals surface area contributed by atoms with Gasteiger partial charge < -0.3 is 15.4 Å². The van der Waals surface area contributed by atoms with Crippen LogP contribution in [-0.4, -0.2) is 27.6 Å². The Bertz CT molecular complexity index is 834. The van der Waals surface area contributed by atoms with Gasteiger partial charge in [0.15, 0.2) is 6.17 Å². The van der Waals surface area contributed by atoms with Gasteiger partial charge in [0.2, 0.25) is 10.0 Å². The minimum atomic E-state index is -3.73. The van der Waals surface area contributed by atoms with Crippen molar-refractivity contribution in [2.45, 2.75) is 11.1 Å². The zero-order valence-corrected chi connectivity index (χ0v) is 13.1. The topological polar surface area (TPSA) is 96.5 Å². The number of fused-ring (bicyclic) bond motifs is 1. The van der Waals surface area contributed by atoms with Crippen molar-refractivity contribution in [1.82, 2.24) is 4.72 Å². The largest absolute Gasteiger partial charge is 0.497 e. The van der Waals surface area contributed by atoms with Crippen LogP contribution in [0.15, 0.2) is 53.4 Å². The minimum Gasteiger partial charge on any atom is -0.497 e. The Labute approximate surface area is 133 Å². The summed E-state index contributed by atoms with van der Waals surface area (Å²) in [7, 11) is -2.19. The molecule has 2 aromatic carbocycles. The Hall–Kier alpha value is -2.58. The fourth-order valence-corrected chi connectivity index (χ4v) is 3.51. The summed E-state index contributed by atoms with van der Waals surface area (Å²) in [6.45, 7) is 0. The lowest BCUT2D eigenvalue weighted by Crippen LogP contribution is -2.51. The molecule has 0 bridgehead atoms. The van der Waals surface area contributed by atoms with Crippen molar-refractivity contribution in [1.29, 1.82) is 0 Å². The SMILES string of the molecule is COc1ccc(NC(=O)[C@@H]2Nc3ccccc3S(=O)(=O)N2)cc1. The van der Waals surface area contributed by atoms with E-state index in [0.29, 0.717) is 17.1 Å². The van der Waals surface area contributed by atoms with Crippen molar-refractivity contribution in [2.24, 2.45) is 0 Å². The average Bonchev–Trinajstić information content (AvgIpc) is 2.55. The maximum atomic E-state index is 12.3. The monoisotopic (exact) mass is 333 g/mol. The number of carbonyl (C=O) groups excluding carboxylic acids is 1. The van der Waals surface area contributed by atoms with E-state index in [0.717, 1.165) is 0 Å². The van der Waals surface area contributed by atoms with E-state index in [4.69, 9.17) is 4.74 Å². The predicted octanol–water partition coefficient (Wildman–Crippen LogP) is 1.36. The maximum absolute atomic E-state index is 12.3. The van der Waals surface area contributed by atoms with Gasteiger partial charge in [0.1, 0.15) is 10.6 Å². The third-order valence-corrected chi connectivity index (χ3v) is 4.85. The van der Waals surface area contributed by atoms with Crippen molar-refractivity contribution >= 4 is 27.3 Å². The number of benzene rings is 2. The Morgan fingerprint density at radius 2 is 1.83 bits per heavy atom. The van der Waals surface area contributed by atoms with E-state index in [1.807, 2.05) is 0 Å². The van der Waals surface area contributed by atoms with Crippen LogP contribution >= 0.6 is 0 Å². The average molecular weight is 333 g/mol. The van der Waals surface area contributed by atoms with Gasteiger partial charge in [-0.1, -0.05) is 12.1 Å². The van der Waals surface area contributed by atoms with Gasteiger partial charge >= 0.3 is 0 Å². The number of rotatable bonds is 3. The molecule has 0 saturated carbocycles. The molecule has 8 heteroatoms. The fourth-order valence-electron chi connectivity index (χ4n) is 2.23. The molecule has 1 amide bonds. The molecule has 120 valence electrons. The molecule has 0 radical (unpaired) electrons. The van der Waals surface area contributed by atoms with Gasteiger partial charge in [-0.2, -0.15) is 4.72 Å². The molecule has 0 fully saturated rings. The number of hydrogen-bond acceptors (Lipinski definition) is 5.